The van der Waals surface area contributed by atoms with Crippen LogP contribution in [-0.2, 0) is 0 Å². The molecule has 9 heteroatoms. The predicted octanol–water partition coefficient (Wildman–Crippen LogP) is 2.18. The van der Waals surface area contributed by atoms with E-state index in [0.717, 1.165) is 10.5 Å². The number of ether oxygens (including phenoxy) is 1. The SMILES string of the molecule is CCOc1nc(N)nc2ncc(-c3ccc(N(C)C(=O)O)cc3)nc12. The first kappa shape index (κ1) is 16.4. The van der Waals surface area contributed by atoms with Gasteiger partial charge in [-0.2, -0.15) is 9.97 Å². The molecule has 2 aromatic heterocycles. The van der Waals surface area contributed by atoms with Crippen molar-refractivity contribution in [3.05, 3.63) is 30.5 Å². The van der Waals surface area contributed by atoms with Gasteiger partial charge in [0.05, 0.1) is 18.5 Å². The monoisotopic (exact) mass is 340 g/mol. The van der Waals surface area contributed by atoms with Crippen molar-refractivity contribution in [2.24, 2.45) is 0 Å². The zero-order valence-electron chi connectivity index (χ0n) is 13.7. The van der Waals surface area contributed by atoms with Crippen LogP contribution < -0.4 is 15.4 Å². The van der Waals surface area contributed by atoms with Gasteiger partial charge in [-0.3, -0.25) is 4.90 Å². The van der Waals surface area contributed by atoms with Crippen molar-refractivity contribution < 1.29 is 14.6 Å². The maximum Gasteiger partial charge on any atom is 0.411 e. The van der Waals surface area contributed by atoms with E-state index in [9.17, 15) is 4.79 Å². The smallest absolute Gasteiger partial charge is 0.411 e. The fourth-order valence-electron chi connectivity index (χ4n) is 2.24. The quantitative estimate of drug-likeness (QED) is 0.739. The van der Waals surface area contributed by atoms with Gasteiger partial charge in [0, 0.05) is 18.3 Å². The van der Waals surface area contributed by atoms with Gasteiger partial charge >= 0.3 is 6.09 Å². The van der Waals surface area contributed by atoms with Crippen LogP contribution in [0.4, 0.5) is 16.4 Å². The molecule has 0 spiro atoms. The number of hydrogen-bond donors (Lipinski definition) is 2. The molecule has 9 nitrogen and oxygen atoms in total. The number of aromatic nitrogens is 4. The Bertz CT molecular complexity index is 929. The van der Waals surface area contributed by atoms with E-state index in [-0.39, 0.29) is 11.8 Å². The van der Waals surface area contributed by atoms with Crippen LogP contribution in [0.15, 0.2) is 30.5 Å². The van der Waals surface area contributed by atoms with Crippen LogP contribution in [0.2, 0.25) is 0 Å². The molecule has 0 atom stereocenters. The fraction of sp³-hybridized carbons (Fsp3) is 0.188. The van der Waals surface area contributed by atoms with Crippen LogP contribution in [-0.4, -0.2) is 44.8 Å². The van der Waals surface area contributed by atoms with E-state index in [2.05, 4.69) is 19.9 Å². The van der Waals surface area contributed by atoms with Gasteiger partial charge in [0.25, 0.3) is 0 Å². The first-order chi connectivity index (χ1) is 12.0. The van der Waals surface area contributed by atoms with Gasteiger partial charge in [0.1, 0.15) is 0 Å². The number of nitrogens with zero attached hydrogens (tertiary/aromatic N) is 5. The van der Waals surface area contributed by atoms with Crippen molar-refractivity contribution >= 4 is 28.9 Å². The molecule has 0 aliphatic rings. The molecule has 0 aliphatic carbocycles. The third-order valence-electron chi connectivity index (χ3n) is 3.51. The number of carboxylic acid groups (broad SMARTS) is 1. The summed E-state index contributed by atoms with van der Waals surface area (Å²) in [7, 11) is 1.48. The third-order valence-corrected chi connectivity index (χ3v) is 3.51. The molecule has 0 bridgehead atoms. The van der Waals surface area contributed by atoms with E-state index in [4.69, 9.17) is 15.6 Å². The van der Waals surface area contributed by atoms with E-state index in [1.165, 1.54) is 7.05 Å². The number of benzene rings is 1. The minimum Gasteiger partial charge on any atom is -0.476 e. The Morgan fingerprint density at radius 3 is 2.60 bits per heavy atom. The first-order valence-corrected chi connectivity index (χ1v) is 7.49. The lowest BCUT2D eigenvalue weighted by Gasteiger charge is -2.13. The van der Waals surface area contributed by atoms with Gasteiger partial charge in [0.2, 0.25) is 11.8 Å². The molecule has 3 N–H and O–H groups in total. The highest BCUT2D eigenvalue weighted by molar-refractivity contribution is 5.86. The van der Waals surface area contributed by atoms with E-state index in [0.29, 0.717) is 29.2 Å². The number of fused-ring (bicyclic) bond motifs is 1. The zero-order valence-corrected chi connectivity index (χ0v) is 13.7. The summed E-state index contributed by atoms with van der Waals surface area (Å²) >= 11 is 0. The molecular formula is C16H16N6O3. The molecular weight excluding hydrogens is 324 g/mol. The maximum atomic E-state index is 11.0. The molecule has 0 aliphatic heterocycles. The Labute approximate surface area is 143 Å². The maximum absolute atomic E-state index is 11.0. The summed E-state index contributed by atoms with van der Waals surface area (Å²) < 4.78 is 5.46. The zero-order chi connectivity index (χ0) is 18.0. The molecule has 0 unspecified atom stereocenters. The van der Waals surface area contributed by atoms with Crippen LogP contribution in [0.3, 0.4) is 0 Å². The molecule has 128 valence electrons. The second kappa shape index (κ2) is 6.56. The summed E-state index contributed by atoms with van der Waals surface area (Å²) in [5.41, 5.74) is 8.33. The van der Waals surface area contributed by atoms with Gasteiger partial charge in [-0.25, -0.2) is 14.8 Å². The third kappa shape index (κ3) is 3.25. The second-order valence-corrected chi connectivity index (χ2v) is 5.14. The number of nitrogen functional groups attached to an aromatic ring is 1. The van der Waals surface area contributed by atoms with Crippen molar-refractivity contribution in [3.63, 3.8) is 0 Å². The van der Waals surface area contributed by atoms with E-state index in [1.54, 1.807) is 30.5 Å². The van der Waals surface area contributed by atoms with E-state index >= 15 is 0 Å². The summed E-state index contributed by atoms with van der Waals surface area (Å²) in [6, 6.07) is 6.92. The van der Waals surface area contributed by atoms with Crippen molar-refractivity contribution in [1.82, 2.24) is 19.9 Å². The lowest BCUT2D eigenvalue weighted by Crippen LogP contribution is -2.23. The lowest BCUT2D eigenvalue weighted by molar-refractivity contribution is 0.203. The molecule has 3 aromatic rings. The number of amides is 1. The molecule has 0 saturated heterocycles. The molecule has 0 radical (unpaired) electrons. The van der Waals surface area contributed by atoms with Crippen LogP contribution in [0.25, 0.3) is 22.4 Å². The topological polar surface area (TPSA) is 127 Å². The van der Waals surface area contributed by atoms with Crippen LogP contribution >= 0.6 is 0 Å². The highest BCUT2D eigenvalue weighted by Gasteiger charge is 2.13. The molecule has 3 rings (SSSR count). The lowest BCUT2D eigenvalue weighted by atomic mass is 10.1. The minimum absolute atomic E-state index is 0.0686. The number of hydrogen-bond acceptors (Lipinski definition) is 7. The molecule has 25 heavy (non-hydrogen) atoms. The van der Waals surface area contributed by atoms with Gasteiger partial charge in [-0.05, 0) is 19.1 Å². The number of anilines is 2. The Morgan fingerprint density at radius 2 is 1.96 bits per heavy atom. The van der Waals surface area contributed by atoms with E-state index < -0.39 is 6.09 Å². The summed E-state index contributed by atoms with van der Waals surface area (Å²) in [5.74, 6) is 0.348. The highest BCUT2D eigenvalue weighted by atomic mass is 16.5. The van der Waals surface area contributed by atoms with Crippen molar-refractivity contribution in [2.75, 3.05) is 24.3 Å². The van der Waals surface area contributed by atoms with Crippen LogP contribution in [0, 0.1) is 0 Å². The molecule has 0 fully saturated rings. The molecule has 1 amide bonds. The van der Waals surface area contributed by atoms with Crippen LogP contribution in [0.1, 0.15) is 6.92 Å². The predicted molar refractivity (Wildman–Crippen MR) is 92.6 cm³/mol. The average Bonchev–Trinajstić information content (AvgIpc) is 2.61. The largest absolute Gasteiger partial charge is 0.476 e. The van der Waals surface area contributed by atoms with E-state index in [1.807, 2.05) is 6.92 Å². The normalized spacial score (nSPS) is 10.6. The summed E-state index contributed by atoms with van der Waals surface area (Å²) in [5, 5.41) is 9.01. The van der Waals surface area contributed by atoms with Gasteiger partial charge in [0.15, 0.2) is 11.2 Å². The summed E-state index contributed by atoms with van der Waals surface area (Å²) in [4.78, 5) is 29.0. The number of nitrogens with two attached hydrogens (primary N) is 1. The van der Waals surface area contributed by atoms with Crippen molar-refractivity contribution in [1.29, 1.82) is 0 Å². The first-order valence-electron chi connectivity index (χ1n) is 7.49. The number of rotatable bonds is 4. The van der Waals surface area contributed by atoms with Crippen molar-refractivity contribution in [3.8, 4) is 17.1 Å². The minimum atomic E-state index is -1.03. The van der Waals surface area contributed by atoms with Crippen LogP contribution in [0.5, 0.6) is 5.88 Å². The average molecular weight is 340 g/mol. The Kier molecular flexibility index (Phi) is 4.29. The molecule has 1 aromatic carbocycles. The Balaban J connectivity index is 2.02. The highest BCUT2D eigenvalue weighted by Crippen LogP contribution is 2.25. The summed E-state index contributed by atoms with van der Waals surface area (Å²) in [6.07, 6.45) is 0.537. The molecule has 0 saturated carbocycles. The standard InChI is InChI=1S/C16H16N6O3/c1-3-25-14-12-13(20-15(17)21-14)18-8-11(19-12)9-4-6-10(7-5-9)22(2)16(23)24/h4-8H,3H2,1-2H3,(H,23,24)(H2,17,18,20,21). The Morgan fingerprint density at radius 1 is 1.24 bits per heavy atom. The van der Waals surface area contributed by atoms with Crippen molar-refractivity contribution in [2.45, 2.75) is 6.92 Å². The van der Waals surface area contributed by atoms with Gasteiger partial charge in [-0.1, -0.05) is 12.1 Å². The fourth-order valence-corrected chi connectivity index (χ4v) is 2.24. The van der Waals surface area contributed by atoms with Gasteiger partial charge in [-0.15, -0.1) is 0 Å². The summed E-state index contributed by atoms with van der Waals surface area (Å²) in [6.45, 7) is 2.24. The van der Waals surface area contributed by atoms with Gasteiger partial charge < -0.3 is 15.6 Å². The number of carbonyl (C=O) groups is 1. The molecule has 2 heterocycles. The Hall–Kier alpha value is -3.49. The second-order valence-electron chi connectivity index (χ2n) is 5.14.